The van der Waals surface area contributed by atoms with Gasteiger partial charge in [-0.25, -0.2) is 33.1 Å². The molecule has 5 aromatic rings. The van der Waals surface area contributed by atoms with E-state index in [1.54, 1.807) is 13.8 Å². The first-order chi connectivity index (χ1) is 16.3. The maximum atomic E-state index is 14.6. The first-order valence-corrected chi connectivity index (χ1v) is 10.00. The fourth-order valence-corrected chi connectivity index (χ4v) is 3.49. The van der Waals surface area contributed by atoms with Crippen LogP contribution < -0.4 is 5.32 Å². The van der Waals surface area contributed by atoms with E-state index in [1.807, 2.05) is 0 Å². The van der Waals surface area contributed by atoms with Crippen molar-refractivity contribution in [2.24, 2.45) is 0 Å². The van der Waals surface area contributed by atoms with Gasteiger partial charge in [-0.15, -0.1) is 0 Å². The molecule has 0 saturated carbocycles. The number of nitrogens with one attached hydrogen (secondary N) is 1. The van der Waals surface area contributed by atoms with E-state index in [0.29, 0.717) is 17.3 Å². The molecule has 0 spiro atoms. The Morgan fingerprint density at radius 1 is 1.00 bits per heavy atom. The quantitative estimate of drug-likeness (QED) is 0.413. The predicted octanol–water partition coefficient (Wildman–Crippen LogP) is 4.73. The number of aryl methyl sites for hydroxylation is 2. The van der Waals surface area contributed by atoms with Gasteiger partial charge in [-0.1, -0.05) is 0 Å². The molecule has 0 fully saturated rings. The lowest BCUT2D eigenvalue weighted by molar-refractivity contribution is 0.0994. The topological polar surface area (TPSA) is 98.2 Å². The maximum Gasteiger partial charge on any atom is 0.293 e. The highest BCUT2D eigenvalue weighted by Gasteiger charge is 2.18. The molecule has 0 saturated heterocycles. The zero-order valence-electron chi connectivity index (χ0n) is 17.8. The van der Waals surface area contributed by atoms with Crippen LogP contribution in [0, 0.1) is 31.3 Å². The summed E-state index contributed by atoms with van der Waals surface area (Å²) in [5.41, 5.74) is 1.30. The second kappa shape index (κ2) is 8.10. The minimum Gasteiger partial charge on any atom is -0.436 e. The van der Waals surface area contributed by atoms with Gasteiger partial charge in [-0.2, -0.15) is 0 Å². The number of halogens is 3. The molecular weight excluding hydrogens is 449 g/mol. The summed E-state index contributed by atoms with van der Waals surface area (Å²) in [6.07, 6.45) is 5.24. The Bertz CT molecular complexity index is 1580. The molecule has 0 bridgehead atoms. The number of oxazole rings is 1. The summed E-state index contributed by atoms with van der Waals surface area (Å²) in [6.45, 7) is 3.27. The van der Waals surface area contributed by atoms with E-state index < -0.39 is 23.4 Å². The molecule has 8 nitrogen and oxygen atoms in total. The highest BCUT2D eigenvalue weighted by atomic mass is 19.1. The van der Waals surface area contributed by atoms with Gasteiger partial charge in [0.1, 0.15) is 17.3 Å². The third kappa shape index (κ3) is 3.87. The number of pyridine rings is 1. The number of anilines is 1. The average Bonchev–Trinajstić information content (AvgIpc) is 3.36. The van der Waals surface area contributed by atoms with Gasteiger partial charge < -0.3 is 9.73 Å². The van der Waals surface area contributed by atoms with Crippen LogP contribution >= 0.6 is 0 Å². The van der Waals surface area contributed by atoms with E-state index in [-0.39, 0.29) is 34.1 Å². The van der Waals surface area contributed by atoms with E-state index >= 15 is 0 Å². The Labute approximate surface area is 190 Å². The minimum absolute atomic E-state index is 0.0643. The fourth-order valence-electron chi connectivity index (χ4n) is 3.49. The van der Waals surface area contributed by atoms with Crippen LogP contribution in [0.5, 0.6) is 0 Å². The number of imidazole rings is 1. The van der Waals surface area contributed by atoms with Gasteiger partial charge in [0.2, 0.25) is 11.5 Å². The smallest absolute Gasteiger partial charge is 0.293 e. The third-order valence-corrected chi connectivity index (χ3v) is 5.00. The van der Waals surface area contributed by atoms with Gasteiger partial charge in [0.15, 0.2) is 11.7 Å². The van der Waals surface area contributed by atoms with Crippen molar-refractivity contribution >= 4 is 17.4 Å². The van der Waals surface area contributed by atoms with Crippen LogP contribution in [0.2, 0.25) is 0 Å². The number of hydrogen-bond acceptors (Lipinski definition) is 6. The highest BCUT2D eigenvalue weighted by molar-refractivity contribution is 6.03. The van der Waals surface area contributed by atoms with Crippen molar-refractivity contribution in [3.05, 3.63) is 83.8 Å². The van der Waals surface area contributed by atoms with Gasteiger partial charge in [-0.05, 0) is 25.1 Å². The molecule has 11 heteroatoms. The van der Waals surface area contributed by atoms with E-state index in [4.69, 9.17) is 4.42 Å². The standard InChI is InChI=1S/C23H15F3N6O2/c1-11-21(34-12(2)29-11)22(33)30-15-3-4-17(25)16(6-15)19-10-32-9-13(7-28-23(32)31-19)20-18(26)5-14(24)8-27-20/h3-10H,1-2H3,(H,30,33). The van der Waals surface area contributed by atoms with E-state index in [2.05, 4.69) is 25.3 Å². The molecule has 4 heterocycles. The fraction of sp³-hybridized carbons (Fsp3) is 0.0870. The molecule has 0 aliphatic heterocycles. The second-order valence-electron chi connectivity index (χ2n) is 7.46. The first-order valence-electron chi connectivity index (χ1n) is 10.00. The highest BCUT2D eigenvalue weighted by Crippen LogP contribution is 2.27. The van der Waals surface area contributed by atoms with Crippen molar-refractivity contribution in [2.45, 2.75) is 13.8 Å². The molecule has 0 unspecified atom stereocenters. The zero-order valence-corrected chi connectivity index (χ0v) is 17.8. The van der Waals surface area contributed by atoms with Gasteiger partial charge in [0, 0.05) is 48.4 Å². The van der Waals surface area contributed by atoms with Crippen LogP contribution in [-0.2, 0) is 0 Å². The van der Waals surface area contributed by atoms with Crippen LogP contribution in [0.25, 0.3) is 28.3 Å². The number of nitrogens with zero attached hydrogens (tertiary/aromatic N) is 5. The largest absolute Gasteiger partial charge is 0.436 e. The van der Waals surface area contributed by atoms with Gasteiger partial charge in [-0.3, -0.25) is 9.20 Å². The summed E-state index contributed by atoms with van der Waals surface area (Å²) in [5, 5.41) is 2.65. The normalized spacial score (nSPS) is 11.2. The van der Waals surface area contributed by atoms with Gasteiger partial charge in [0.05, 0.1) is 17.6 Å². The number of aromatic nitrogens is 5. The minimum atomic E-state index is -0.840. The number of benzene rings is 1. The monoisotopic (exact) mass is 464 g/mol. The van der Waals surface area contributed by atoms with Crippen LogP contribution in [0.4, 0.5) is 18.9 Å². The number of hydrogen-bond donors (Lipinski definition) is 1. The molecule has 1 aromatic carbocycles. The summed E-state index contributed by atoms with van der Waals surface area (Å²) in [6, 6.07) is 4.76. The molecule has 1 N–H and O–H groups in total. The number of carbonyl (C=O) groups is 1. The van der Waals surface area contributed by atoms with Gasteiger partial charge >= 0.3 is 0 Å². The van der Waals surface area contributed by atoms with Crippen molar-refractivity contribution in [2.75, 3.05) is 5.32 Å². The van der Waals surface area contributed by atoms with Crippen LogP contribution in [-0.4, -0.2) is 30.2 Å². The lowest BCUT2D eigenvalue weighted by Gasteiger charge is -2.06. The Morgan fingerprint density at radius 3 is 2.56 bits per heavy atom. The Morgan fingerprint density at radius 2 is 1.82 bits per heavy atom. The molecule has 34 heavy (non-hydrogen) atoms. The number of carbonyl (C=O) groups excluding carboxylic acids is 1. The zero-order chi connectivity index (χ0) is 24.0. The summed E-state index contributed by atoms with van der Waals surface area (Å²) in [5.74, 6) is -2.08. The molecule has 170 valence electrons. The van der Waals surface area contributed by atoms with Crippen molar-refractivity contribution in [3.63, 3.8) is 0 Å². The van der Waals surface area contributed by atoms with Crippen molar-refractivity contribution in [1.82, 2.24) is 24.3 Å². The maximum absolute atomic E-state index is 14.6. The Balaban J connectivity index is 1.48. The lowest BCUT2D eigenvalue weighted by atomic mass is 10.1. The van der Waals surface area contributed by atoms with E-state index in [1.165, 1.54) is 41.2 Å². The Kier molecular flexibility index (Phi) is 5.08. The second-order valence-corrected chi connectivity index (χ2v) is 7.46. The Hall–Kier alpha value is -4.54. The molecule has 4 aromatic heterocycles. The van der Waals surface area contributed by atoms with Crippen molar-refractivity contribution in [1.29, 1.82) is 0 Å². The molecule has 0 radical (unpaired) electrons. The van der Waals surface area contributed by atoms with Crippen molar-refractivity contribution in [3.8, 4) is 22.5 Å². The van der Waals surface area contributed by atoms with Crippen LogP contribution in [0.15, 0.2) is 53.5 Å². The van der Waals surface area contributed by atoms with E-state index in [9.17, 15) is 18.0 Å². The molecule has 1 amide bonds. The number of rotatable bonds is 4. The third-order valence-electron chi connectivity index (χ3n) is 5.00. The van der Waals surface area contributed by atoms with E-state index in [0.717, 1.165) is 12.3 Å². The number of amides is 1. The first kappa shape index (κ1) is 21.3. The summed E-state index contributed by atoms with van der Waals surface area (Å²) in [4.78, 5) is 28.8. The molecule has 0 aliphatic rings. The SMILES string of the molecule is Cc1nc(C)c(C(=O)Nc2ccc(F)c(-c3cn4cc(-c5ncc(F)cc5F)cnc4n3)c2)o1. The number of fused-ring (bicyclic) bond motifs is 1. The molecule has 0 aliphatic carbocycles. The predicted molar refractivity (Wildman–Crippen MR) is 115 cm³/mol. The summed E-state index contributed by atoms with van der Waals surface area (Å²) in [7, 11) is 0. The molecule has 0 atom stereocenters. The molecular formula is C23H15F3N6O2. The molecule has 5 rings (SSSR count). The van der Waals surface area contributed by atoms with Gasteiger partial charge in [0.25, 0.3) is 5.91 Å². The lowest BCUT2D eigenvalue weighted by Crippen LogP contribution is -2.12. The van der Waals surface area contributed by atoms with Crippen LogP contribution in [0.3, 0.4) is 0 Å². The van der Waals surface area contributed by atoms with Crippen molar-refractivity contribution < 1.29 is 22.4 Å². The average molecular weight is 464 g/mol. The van der Waals surface area contributed by atoms with Crippen LogP contribution in [0.1, 0.15) is 22.1 Å². The summed E-state index contributed by atoms with van der Waals surface area (Å²) >= 11 is 0. The summed E-state index contributed by atoms with van der Waals surface area (Å²) < 4.78 is 48.7.